The predicted molar refractivity (Wildman–Crippen MR) is 129 cm³/mol. The summed E-state index contributed by atoms with van der Waals surface area (Å²) in [6.45, 7) is 3.00. The Balaban J connectivity index is 1.27. The van der Waals surface area contributed by atoms with Crippen LogP contribution in [0.5, 0.6) is 0 Å². The first kappa shape index (κ1) is 22.9. The van der Waals surface area contributed by atoms with Gasteiger partial charge in [-0.05, 0) is 55.2 Å². The number of amides is 3. The number of nitrogens with two attached hydrogens (primary N) is 1. The highest BCUT2D eigenvalue weighted by molar-refractivity contribution is 6.39. The quantitative estimate of drug-likeness (QED) is 0.552. The van der Waals surface area contributed by atoms with Gasteiger partial charge in [-0.25, -0.2) is 9.37 Å². The smallest absolute Gasteiger partial charge is 0.313 e. The van der Waals surface area contributed by atoms with Gasteiger partial charge >= 0.3 is 11.8 Å². The molecule has 6 rings (SSSR count). The SMILES string of the molecule is C[C@H]1CCC(c2cc(F)c3c(c2)CC2(CC2)C(=O)N3)N(C(=O)C(=O)Nc2cnc(N)c3c2COC3)C1. The number of nitrogens with zero attached hydrogens (tertiary/aromatic N) is 2. The van der Waals surface area contributed by atoms with E-state index < -0.39 is 29.1 Å². The van der Waals surface area contributed by atoms with Crippen LogP contribution in [-0.4, -0.2) is 34.2 Å². The number of halogens is 1. The van der Waals surface area contributed by atoms with Gasteiger partial charge in [-0.3, -0.25) is 14.4 Å². The number of carbonyl (C=O) groups is 3. The molecule has 1 saturated carbocycles. The Morgan fingerprint density at radius 2 is 2.03 bits per heavy atom. The van der Waals surface area contributed by atoms with Crippen molar-refractivity contribution in [2.45, 2.75) is 58.3 Å². The molecule has 1 aromatic heterocycles. The van der Waals surface area contributed by atoms with Crippen LogP contribution in [-0.2, 0) is 38.8 Å². The molecule has 2 fully saturated rings. The van der Waals surface area contributed by atoms with Gasteiger partial charge in [0.1, 0.15) is 11.6 Å². The Bertz CT molecular complexity index is 1310. The van der Waals surface area contributed by atoms with Crippen LogP contribution < -0.4 is 16.4 Å². The molecule has 0 radical (unpaired) electrons. The van der Waals surface area contributed by atoms with Gasteiger partial charge in [0.05, 0.1) is 42.2 Å². The lowest BCUT2D eigenvalue weighted by Gasteiger charge is -2.39. The first-order valence-electron chi connectivity index (χ1n) is 12.4. The number of likely N-dealkylation sites (tertiary alicyclic amines) is 1. The lowest BCUT2D eigenvalue weighted by molar-refractivity contribution is -0.146. The molecule has 1 aliphatic carbocycles. The Morgan fingerprint density at radius 1 is 1.25 bits per heavy atom. The molecule has 1 aromatic carbocycles. The van der Waals surface area contributed by atoms with Crippen molar-refractivity contribution in [1.29, 1.82) is 0 Å². The second-order valence-corrected chi connectivity index (χ2v) is 10.6. The van der Waals surface area contributed by atoms with Crippen LogP contribution in [0.4, 0.5) is 21.6 Å². The fourth-order valence-electron chi connectivity index (χ4n) is 5.73. The summed E-state index contributed by atoms with van der Waals surface area (Å²) in [5.41, 5.74) is 8.95. The van der Waals surface area contributed by atoms with Crippen molar-refractivity contribution in [3.8, 4) is 0 Å². The minimum absolute atomic E-state index is 0.115. The van der Waals surface area contributed by atoms with Crippen molar-refractivity contribution in [2.75, 3.05) is 22.9 Å². The first-order valence-corrected chi connectivity index (χ1v) is 12.4. The number of fused-ring (bicyclic) bond motifs is 2. The summed E-state index contributed by atoms with van der Waals surface area (Å²) in [7, 11) is 0. The number of piperidine rings is 1. The second-order valence-electron chi connectivity index (χ2n) is 10.6. The van der Waals surface area contributed by atoms with Crippen LogP contribution in [0.2, 0.25) is 0 Å². The van der Waals surface area contributed by atoms with E-state index in [1.54, 1.807) is 4.90 Å². The van der Waals surface area contributed by atoms with Gasteiger partial charge in [0.2, 0.25) is 5.91 Å². The number of hydrogen-bond donors (Lipinski definition) is 3. The fourth-order valence-corrected chi connectivity index (χ4v) is 5.73. The molecule has 1 saturated heterocycles. The zero-order valence-corrected chi connectivity index (χ0v) is 20.0. The minimum atomic E-state index is -0.780. The summed E-state index contributed by atoms with van der Waals surface area (Å²) in [6.07, 6.45) is 4.99. The van der Waals surface area contributed by atoms with Crippen molar-refractivity contribution in [3.63, 3.8) is 0 Å². The van der Waals surface area contributed by atoms with Gasteiger partial charge in [-0.15, -0.1) is 0 Å². The summed E-state index contributed by atoms with van der Waals surface area (Å²) in [4.78, 5) is 44.5. The molecule has 2 atom stereocenters. The maximum atomic E-state index is 15.1. The van der Waals surface area contributed by atoms with Crippen LogP contribution in [0, 0.1) is 17.2 Å². The van der Waals surface area contributed by atoms with Gasteiger partial charge in [-0.1, -0.05) is 13.0 Å². The van der Waals surface area contributed by atoms with Crippen LogP contribution in [0.1, 0.15) is 60.9 Å². The molecule has 3 amide bonds. The van der Waals surface area contributed by atoms with Crippen molar-refractivity contribution in [1.82, 2.24) is 9.88 Å². The number of carbonyl (C=O) groups excluding carboxylic acids is 3. The van der Waals surface area contributed by atoms with E-state index in [1.807, 2.05) is 13.0 Å². The van der Waals surface area contributed by atoms with Crippen LogP contribution in [0.25, 0.3) is 0 Å². The molecule has 4 aliphatic rings. The third kappa shape index (κ3) is 3.71. The number of nitrogen functional groups attached to an aromatic ring is 1. The average molecular weight is 494 g/mol. The molecule has 4 N–H and O–H groups in total. The standard InChI is InChI=1S/C26H28FN5O4/c1-13-2-3-20(14-6-15-8-26(4-5-26)25(35)31-21(15)18(27)7-14)32(10-13)24(34)23(33)30-19-9-29-22(28)17-12-36-11-16(17)19/h6-7,9,13,20H,2-5,8,10-12H2,1H3,(H2,28,29)(H,30,33)(H,31,35)/t13-,20?/m0/s1. The number of hydrogen-bond acceptors (Lipinski definition) is 6. The molecule has 10 heteroatoms. The van der Waals surface area contributed by atoms with E-state index in [0.29, 0.717) is 43.1 Å². The summed E-state index contributed by atoms with van der Waals surface area (Å²) >= 11 is 0. The molecule has 9 nitrogen and oxygen atoms in total. The van der Waals surface area contributed by atoms with Gasteiger partial charge in [0, 0.05) is 17.7 Å². The average Bonchev–Trinajstić information content (AvgIpc) is 3.43. The Hall–Kier alpha value is -3.53. The largest absolute Gasteiger partial charge is 0.383 e. The molecule has 188 valence electrons. The van der Waals surface area contributed by atoms with Gasteiger partial charge in [0.25, 0.3) is 0 Å². The van der Waals surface area contributed by atoms with Crippen LogP contribution in [0.15, 0.2) is 18.3 Å². The highest BCUT2D eigenvalue weighted by Crippen LogP contribution is 2.53. The van der Waals surface area contributed by atoms with E-state index in [1.165, 1.54) is 12.3 Å². The number of rotatable bonds is 2. The Labute approximate surface area is 207 Å². The van der Waals surface area contributed by atoms with Crippen LogP contribution >= 0.6 is 0 Å². The lowest BCUT2D eigenvalue weighted by Crippen LogP contribution is -2.46. The molecule has 0 bridgehead atoms. The lowest BCUT2D eigenvalue weighted by atomic mass is 9.85. The van der Waals surface area contributed by atoms with Gasteiger partial charge in [-0.2, -0.15) is 0 Å². The Kier molecular flexibility index (Phi) is 5.26. The topological polar surface area (TPSA) is 127 Å². The number of anilines is 3. The second kappa shape index (κ2) is 8.26. The van der Waals surface area contributed by atoms with E-state index in [2.05, 4.69) is 15.6 Å². The molecule has 4 heterocycles. The fraction of sp³-hybridized carbons (Fsp3) is 0.462. The predicted octanol–water partition coefficient (Wildman–Crippen LogP) is 3.05. The normalized spacial score (nSPS) is 23.6. The van der Waals surface area contributed by atoms with E-state index in [4.69, 9.17) is 10.5 Å². The molecule has 36 heavy (non-hydrogen) atoms. The summed E-state index contributed by atoms with van der Waals surface area (Å²) < 4.78 is 20.6. The minimum Gasteiger partial charge on any atom is -0.383 e. The molecular weight excluding hydrogens is 465 g/mol. The highest BCUT2D eigenvalue weighted by Gasteiger charge is 2.52. The Morgan fingerprint density at radius 3 is 2.81 bits per heavy atom. The molecule has 1 unspecified atom stereocenters. The summed E-state index contributed by atoms with van der Waals surface area (Å²) in [5.74, 6) is -1.54. The molecular formula is C26H28FN5O4. The molecule has 3 aliphatic heterocycles. The summed E-state index contributed by atoms with van der Waals surface area (Å²) in [5, 5.41) is 5.43. The van der Waals surface area contributed by atoms with Crippen molar-refractivity contribution in [2.24, 2.45) is 11.3 Å². The number of nitrogens with one attached hydrogen (secondary N) is 2. The number of pyridine rings is 1. The zero-order chi connectivity index (χ0) is 25.2. The van der Waals surface area contributed by atoms with Gasteiger partial charge < -0.3 is 26.0 Å². The highest BCUT2D eigenvalue weighted by atomic mass is 19.1. The monoisotopic (exact) mass is 493 g/mol. The van der Waals surface area contributed by atoms with Crippen LogP contribution in [0.3, 0.4) is 0 Å². The third-order valence-corrected chi connectivity index (χ3v) is 8.03. The van der Waals surface area contributed by atoms with Crippen molar-refractivity contribution >= 4 is 34.9 Å². The summed E-state index contributed by atoms with van der Waals surface area (Å²) in [6, 6.07) is 2.84. The number of benzene rings is 1. The van der Waals surface area contributed by atoms with Gasteiger partial charge in [0.15, 0.2) is 0 Å². The van der Waals surface area contributed by atoms with Crippen molar-refractivity contribution < 1.29 is 23.5 Å². The van der Waals surface area contributed by atoms with E-state index in [0.717, 1.165) is 36.0 Å². The first-order chi connectivity index (χ1) is 17.3. The van der Waals surface area contributed by atoms with E-state index >= 15 is 4.39 Å². The van der Waals surface area contributed by atoms with Crippen molar-refractivity contribution in [3.05, 3.63) is 46.4 Å². The molecule has 2 aromatic rings. The third-order valence-electron chi connectivity index (χ3n) is 8.03. The maximum absolute atomic E-state index is 15.1. The zero-order valence-electron chi connectivity index (χ0n) is 20.0. The molecule has 1 spiro atoms. The van der Waals surface area contributed by atoms with E-state index in [-0.39, 0.29) is 24.1 Å². The maximum Gasteiger partial charge on any atom is 0.313 e. The number of aromatic nitrogens is 1. The van der Waals surface area contributed by atoms with E-state index in [9.17, 15) is 14.4 Å². The number of ether oxygens (including phenoxy) is 1.